The number of aliphatic hydroxyl groups is 1. The minimum atomic E-state index is -0.361. The SMILES string of the molecule is CCC(O)CN(Cc1ccc(C(=O)NC)cc1)c1ccccc1. The second kappa shape index (κ2) is 8.34. The van der Waals surface area contributed by atoms with Crippen LogP contribution in [0.15, 0.2) is 54.6 Å². The molecule has 2 rings (SSSR count). The van der Waals surface area contributed by atoms with Crippen molar-refractivity contribution in [3.8, 4) is 0 Å². The molecule has 0 radical (unpaired) electrons. The Morgan fingerprint density at radius 1 is 1.13 bits per heavy atom. The van der Waals surface area contributed by atoms with Gasteiger partial charge in [-0.2, -0.15) is 0 Å². The van der Waals surface area contributed by atoms with Crippen LogP contribution in [-0.2, 0) is 6.54 Å². The number of nitrogens with zero attached hydrogens (tertiary/aromatic N) is 1. The molecule has 122 valence electrons. The summed E-state index contributed by atoms with van der Waals surface area (Å²) >= 11 is 0. The summed E-state index contributed by atoms with van der Waals surface area (Å²) in [7, 11) is 1.62. The van der Waals surface area contributed by atoms with Crippen molar-refractivity contribution in [1.29, 1.82) is 0 Å². The lowest BCUT2D eigenvalue weighted by Gasteiger charge is -2.27. The van der Waals surface area contributed by atoms with Gasteiger partial charge in [0.05, 0.1) is 6.10 Å². The van der Waals surface area contributed by atoms with Crippen molar-refractivity contribution < 1.29 is 9.90 Å². The van der Waals surface area contributed by atoms with Gasteiger partial charge < -0.3 is 15.3 Å². The van der Waals surface area contributed by atoms with Gasteiger partial charge in [-0.3, -0.25) is 4.79 Å². The molecule has 0 heterocycles. The molecule has 23 heavy (non-hydrogen) atoms. The van der Waals surface area contributed by atoms with Crippen LogP contribution >= 0.6 is 0 Å². The van der Waals surface area contributed by atoms with E-state index in [1.165, 1.54) is 0 Å². The maximum atomic E-state index is 11.6. The average molecular weight is 312 g/mol. The number of amides is 1. The molecule has 0 fully saturated rings. The number of para-hydroxylation sites is 1. The monoisotopic (exact) mass is 312 g/mol. The first-order valence-electron chi connectivity index (χ1n) is 7.93. The Kier molecular flexibility index (Phi) is 6.18. The third-order valence-electron chi connectivity index (χ3n) is 3.84. The Balaban J connectivity index is 2.15. The van der Waals surface area contributed by atoms with Crippen LogP contribution in [0, 0.1) is 0 Å². The van der Waals surface area contributed by atoms with E-state index in [1.54, 1.807) is 7.05 Å². The van der Waals surface area contributed by atoms with Crippen molar-refractivity contribution >= 4 is 11.6 Å². The summed E-state index contributed by atoms with van der Waals surface area (Å²) in [5.74, 6) is -0.0853. The zero-order valence-corrected chi connectivity index (χ0v) is 13.7. The quantitative estimate of drug-likeness (QED) is 0.826. The van der Waals surface area contributed by atoms with Gasteiger partial charge >= 0.3 is 0 Å². The van der Waals surface area contributed by atoms with Crippen LogP contribution in [0.3, 0.4) is 0 Å². The van der Waals surface area contributed by atoms with Gasteiger partial charge in [0.2, 0.25) is 0 Å². The predicted octanol–water partition coefficient (Wildman–Crippen LogP) is 2.82. The molecule has 2 N–H and O–H groups in total. The van der Waals surface area contributed by atoms with Crippen LogP contribution in [-0.4, -0.2) is 30.7 Å². The lowest BCUT2D eigenvalue weighted by molar-refractivity contribution is 0.0963. The lowest BCUT2D eigenvalue weighted by Crippen LogP contribution is -2.31. The second-order valence-corrected chi connectivity index (χ2v) is 5.55. The molecular weight excluding hydrogens is 288 g/mol. The van der Waals surface area contributed by atoms with Crippen LogP contribution in [0.5, 0.6) is 0 Å². The number of carbonyl (C=O) groups excluding carboxylic acids is 1. The zero-order valence-electron chi connectivity index (χ0n) is 13.7. The zero-order chi connectivity index (χ0) is 16.7. The number of rotatable bonds is 7. The number of hydrogen-bond donors (Lipinski definition) is 2. The molecule has 0 saturated carbocycles. The normalized spacial score (nSPS) is 11.8. The molecule has 0 aliphatic rings. The third kappa shape index (κ3) is 4.83. The average Bonchev–Trinajstić information content (AvgIpc) is 2.61. The molecule has 0 bridgehead atoms. The molecule has 4 nitrogen and oxygen atoms in total. The summed E-state index contributed by atoms with van der Waals surface area (Å²) in [4.78, 5) is 13.8. The van der Waals surface area contributed by atoms with Crippen LogP contribution in [0.25, 0.3) is 0 Å². The number of hydrogen-bond acceptors (Lipinski definition) is 3. The lowest BCUT2D eigenvalue weighted by atomic mass is 10.1. The number of carbonyl (C=O) groups is 1. The highest BCUT2D eigenvalue weighted by molar-refractivity contribution is 5.93. The van der Waals surface area contributed by atoms with E-state index in [1.807, 2.05) is 61.5 Å². The van der Waals surface area contributed by atoms with E-state index in [-0.39, 0.29) is 12.0 Å². The number of nitrogens with one attached hydrogen (secondary N) is 1. The molecule has 0 aliphatic carbocycles. The third-order valence-corrected chi connectivity index (χ3v) is 3.84. The molecule has 0 aromatic heterocycles. The van der Waals surface area contributed by atoms with E-state index < -0.39 is 0 Å². The molecule has 0 saturated heterocycles. The van der Waals surface area contributed by atoms with E-state index in [2.05, 4.69) is 10.2 Å². The number of anilines is 1. The van der Waals surface area contributed by atoms with Crippen molar-refractivity contribution in [2.24, 2.45) is 0 Å². The Labute approximate surface area is 137 Å². The standard InChI is InChI=1S/C19H24N2O2/c1-3-18(22)14-21(17-7-5-4-6-8-17)13-15-9-11-16(12-10-15)19(23)20-2/h4-12,18,22H,3,13-14H2,1-2H3,(H,20,23). The number of benzene rings is 2. The minimum absolute atomic E-state index is 0.0853. The van der Waals surface area contributed by atoms with Crippen molar-refractivity contribution in [2.45, 2.75) is 26.0 Å². The van der Waals surface area contributed by atoms with Crippen LogP contribution in [0.2, 0.25) is 0 Å². The van der Waals surface area contributed by atoms with Crippen LogP contribution < -0.4 is 10.2 Å². The second-order valence-electron chi connectivity index (χ2n) is 5.55. The predicted molar refractivity (Wildman–Crippen MR) is 93.6 cm³/mol. The van der Waals surface area contributed by atoms with E-state index in [0.717, 1.165) is 17.7 Å². The Bertz CT molecular complexity index is 611. The summed E-state index contributed by atoms with van der Waals surface area (Å²) in [5, 5.41) is 12.6. The highest BCUT2D eigenvalue weighted by atomic mass is 16.3. The molecule has 1 amide bonds. The summed E-state index contributed by atoms with van der Waals surface area (Å²) in [6, 6.07) is 17.6. The van der Waals surface area contributed by atoms with E-state index in [9.17, 15) is 9.90 Å². The molecule has 2 aromatic rings. The van der Waals surface area contributed by atoms with Gasteiger partial charge in [0.1, 0.15) is 0 Å². The first-order chi connectivity index (χ1) is 11.1. The van der Waals surface area contributed by atoms with E-state index >= 15 is 0 Å². The maximum Gasteiger partial charge on any atom is 0.251 e. The highest BCUT2D eigenvalue weighted by Gasteiger charge is 2.12. The topological polar surface area (TPSA) is 52.6 Å². The molecule has 0 aliphatic heterocycles. The fourth-order valence-electron chi connectivity index (χ4n) is 2.41. The van der Waals surface area contributed by atoms with Gasteiger partial charge in [-0.25, -0.2) is 0 Å². The van der Waals surface area contributed by atoms with Gasteiger partial charge in [-0.1, -0.05) is 37.3 Å². The van der Waals surface area contributed by atoms with Gasteiger partial charge in [-0.15, -0.1) is 0 Å². The Morgan fingerprint density at radius 2 is 1.78 bits per heavy atom. The smallest absolute Gasteiger partial charge is 0.251 e. The van der Waals surface area contributed by atoms with Gasteiger partial charge in [0.25, 0.3) is 5.91 Å². The fourth-order valence-corrected chi connectivity index (χ4v) is 2.41. The molecule has 0 spiro atoms. The highest BCUT2D eigenvalue weighted by Crippen LogP contribution is 2.18. The van der Waals surface area contributed by atoms with Gasteiger partial charge in [0.15, 0.2) is 0 Å². The first-order valence-corrected chi connectivity index (χ1v) is 7.93. The van der Waals surface area contributed by atoms with Crippen molar-refractivity contribution in [1.82, 2.24) is 5.32 Å². The number of aliphatic hydroxyl groups excluding tert-OH is 1. The van der Waals surface area contributed by atoms with Gasteiger partial charge in [-0.05, 0) is 36.2 Å². The summed E-state index contributed by atoms with van der Waals surface area (Å²) in [5.41, 5.74) is 2.83. The maximum absolute atomic E-state index is 11.6. The molecular formula is C19H24N2O2. The van der Waals surface area contributed by atoms with E-state index in [0.29, 0.717) is 18.7 Å². The van der Waals surface area contributed by atoms with E-state index in [4.69, 9.17) is 0 Å². The summed E-state index contributed by atoms with van der Waals surface area (Å²) in [6.07, 6.45) is 0.360. The van der Waals surface area contributed by atoms with Crippen molar-refractivity contribution in [3.63, 3.8) is 0 Å². The Morgan fingerprint density at radius 3 is 2.35 bits per heavy atom. The Hall–Kier alpha value is -2.33. The molecule has 4 heteroatoms. The fraction of sp³-hybridized carbons (Fsp3) is 0.316. The van der Waals surface area contributed by atoms with Crippen LogP contribution in [0.1, 0.15) is 29.3 Å². The molecule has 1 unspecified atom stereocenters. The molecule has 1 atom stereocenters. The van der Waals surface area contributed by atoms with Gasteiger partial charge in [0, 0.05) is 31.4 Å². The molecule has 2 aromatic carbocycles. The summed E-state index contributed by atoms with van der Waals surface area (Å²) < 4.78 is 0. The minimum Gasteiger partial charge on any atom is -0.391 e. The summed E-state index contributed by atoms with van der Waals surface area (Å²) in [6.45, 7) is 3.25. The van der Waals surface area contributed by atoms with Crippen molar-refractivity contribution in [2.75, 3.05) is 18.5 Å². The van der Waals surface area contributed by atoms with Crippen molar-refractivity contribution in [3.05, 3.63) is 65.7 Å². The largest absolute Gasteiger partial charge is 0.391 e. The first kappa shape index (κ1) is 17.0. The van der Waals surface area contributed by atoms with Crippen LogP contribution in [0.4, 0.5) is 5.69 Å².